The van der Waals surface area contributed by atoms with Crippen LogP contribution in [0.5, 0.6) is 11.5 Å². The van der Waals surface area contributed by atoms with Crippen LogP contribution in [0.25, 0.3) is 11.3 Å². The van der Waals surface area contributed by atoms with Gasteiger partial charge in [0.05, 0.1) is 25.5 Å². The zero-order valence-electron chi connectivity index (χ0n) is 15.1. The molecule has 5 nitrogen and oxygen atoms in total. The molecule has 0 saturated carbocycles. The normalized spacial score (nSPS) is 10.5. The molecular weight excluding hydrogens is 348 g/mol. The van der Waals surface area contributed by atoms with Crippen molar-refractivity contribution in [2.75, 3.05) is 19.5 Å². The van der Waals surface area contributed by atoms with Crippen molar-refractivity contribution in [3.63, 3.8) is 0 Å². The second kappa shape index (κ2) is 7.58. The van der Waals surface area contributed by atoms with Crippen molar-refractivity contribution in [2.24, 2.45) is 0 Å². The minimum absolute atomic E-state index is 0.272. The number of ether oxygens (including phenoxy) is 2. The standard InChI is InChI=1S/C20H20N2O3S/c1-12-5-6-13(2)16(9-12)17-11-26-20(21-17)22-19(23)15-8-7-14(24-3)10-18(15)25-4/h5-11H,1-4H3,(H,21,22,23). The van der Waals surface area contributed by atoms with E-state index in [2.05, 4.69) is 35.4 Å². The molecule has 134 valence electrons. The van der Waals surface area contributed by atoms with Gasteiger partial charge in [0.25, 0.3) is 5.91 Å². The van der Waals surface area contributed by atoms with Gasteiger partial charge in [0.2, 0.25) is 0 Å². The number of carbonyl (C=O) groups excluding carboxylic acids is 1. The zero-order chi connectivity index (χ0) is 18.7. The van der Waals surface area contributed by atoms with Crippen LogP contribution in [0.2, 0.25) is 0 Å². The van der Waals surface area contributed by atoms with E-state index in [0.29, 0.717) is 22.2 Å². The molecule has 0 aliphatic rings. The highest BCUT2D eigenvalue weighted by atomic mass is 32.1. The third-order valence-corrected chi connectivity index (χ3v) is 4.80. The van der Waals surface area contributed by atoms with Gasteiger partial charge < -0.3 is 9.47 Å². The molecule has 0 atom stereocenters. The van der Waals surface area contributed by atoms with Crippen molar-refractivity contribution < 1.29 is 14.3 Å². The number of carbonyl (C=O) groups is 1. The molecule has 0 spiro atoms. The Morgan fingerprint density at radius 2 is 1.88 bits per heavy atom. The molecule has 3 rings (SSSR count). The Kier molecular flexibility index (Phi) is 5.23. The number of amides is 1. The summed E-state index contributed by atoms with van der Waals surface area (Å²) >= 11 is 1.39. The second-order valence-electron chi connectivity index (χ2n) is 5.88. The summed E-state index contributed by atoms with van der Waals surface area (Å²) in [6.45, 7) is 4.10. The number of aryl methyl sites for hydroxylation is 2. The Balaban J connectivity index is 1.83. The first-order valence-corrected chi connectivity index (χ1v) is 8.96. The van der Waals surface area contributed by atoms with E-state index in [0.717, 1.165) is 16.8 Å². The van der Waals surface area contributed by atoms with Gasteiger partial charge in [-0.05, 0) is 37.6 Å². The molecule has 6 heteroatoms. The van der Waals surface area contributed by atoms with Crippen LogP contribution in [0.1, 0.15) is 21.5 Å². The first-order chi connectivity index (χ1) is 12.5. The third kappa shape index (κ3) is 3.70. The second-order valence-corrected chi connectivity index (χ2v) is 6.73. The Labute approximate surface area is 156 Å². The minimum atomic E-state index is -0.272. The van der Waals surface area contributed by atoms with E-state index in [-0.39, 0.29) is 5.91 Å². The molecule has 1 aromatic heterocycles. The van der Waals surface area contributed by atoms with Crippen molar-refractivity contribution in [1.82, 2.24) is 4.98 Å². The molecular formula is C20H20N2O3S. The van der Waals surface area contributed by atoms with E-state index in [1.54, 1.807) is 25.3 Å². The maximum Gasteiger partial charge on any atom is 0.261 e. The van der Waals surface area contributed by atoms with Crippen molar-refractivity contribution in [3.05, 3.63) is 58.5 Å². The van der Waals surface area contributed by atoms with Crippen molar-refractivity contribution in [3.8, 4) is 22.8 Å². The summed E-state index contributed by atoms with van der Waals surface area (Å²) in [6, 6.07) is 11.3. The third-order valence-electron chi connectivity index (χ3n) is 4.05. The summed E-state index contributed by atoms with van der Waals surface area (Å²) in [5, 5.41) is 5.33. The highest BCUT2D eigenvalue weighted by Crippen LogP contribution is 2.30. The fraction of sp³-hybridized carbons (Fsp3) is 0.200. The predicted molar refractivity (Wildman–Crippen MR) is 105 cm³/mol. The summed E-state index contributed by atoms with van der Waals surface area (Å²) in [5.41, 5.74) is 4.68. The lowest BCUT2D eigenvalue weighted by Crippen LogP contribution is -2.13. The number of nitrogens with zero attached hydrogens (tertiary/aromatic N) is 1. The van der Waals surface area contributed by atoms with Crippen molar-refractivity contribution in [1.29, 1.82) is 0 Å². The summed E-state index contributed by atoms with van der Waals surface area (Å²) < 4.78 is 10.5. The first-order valence-electron chi connectivity index (χ1n) is 8.08. The lowest BCUT2D eigenvalue weighted by atomic mass is 10.0. The van der Waals surface area contributed by atoms with Crippen molar-refractivity contribution >= 4 is 22.4 Å². The summed E-state index contributed by atoms with van der Waals surface area (Å²) in [6.07, 6.45) is 0. The van der Waals surface area contributed by atoms with Gasteiger partial charge in [0.15, 0.2) is 5.13 Å². The fourth-order valence-corrected chi connectivity index (χ4v) is 3.32. The van der Waals surface area contributed by atoms with Crippen LogP contribution >= 0.6 is 11.3 Å². The van der Waals surface area contributed by atoms with E-state index >= 15 is 0 Å². The van der Waals surface area contributed by atoms with Gasteiger partial charge in [0.1, 0.15) is 11.5 Å². The van der Waals surface area contributed by atoms with E-state index in [9.17, 15) is 4.79 Å². The minimum Gasteiger partial charge on any atom is -0.497 e. The lowest BCUT2D eigenvalue weighted by Gasteiger charge is -2.09. The largest absolute Gasteiger partial charge is 0.497 e. The van der Waals surface area contributed by atoms with E-state index in [1.165, 1.54) is 24.0 Å². The van der Waals surface area contributed by atoms with Gasteiger partial charge in [0, 0.05) is 17.0 Å². The van der Waals surface area contributed by atoms with Crippen LogP contribution in [0, 0.1) is 13.8 Å². The SMILES string of the molecule is COc1ccc(C(=O)Nc2nc(-c3cc(C)ccc3C)cs2)c(OC)c1. The van der Waals surface area contributed by atoms with Gasteiger partial charge in [-0.15, -0.1) is 11.3 Å². The number of hydrogen-bond acceptors (Lipinski definition) is 5. The van der Waals surface area contributed by atoms with E-state index in [4.69, 9.17) is 9.47 Å². The highest BCUT2D eigenvalue weighted by molar-refractivity contribution is 7.14. The fourth-order valence-electron chi connectivity index (χ4n) is 2.62. The van der Waals surface area contributed by atoms with E-state index < -0.39 is 0 Å². The smallest absolute Gasteiger partial charge is 0.261 e. The molecule has 0 bridgehead atoms. The van der Waals surface area contributed by atoms with Crippen LogP contribution in [0.15, 0.2) is 41.8 Å². The predicted octanol–water partition coefficient (Wildman–Crippen LogP) is 4.70. The summed E-state index contributed by atoms with van der Waals surface area (Å²) in [4.78, 5) is 17.2. The molecule has 0 unspecified atom stereocenters. The maximum atomic E-state index is 12.6. The zero-order valence-corrected chi connectivity index (χ0v) is 15.9. The van der Waals surface area contributed by atoms with Crippen LogP contribution in [0.4, 0.5) is 5.13 Å². The molecule has 1 heterocycles. The average molecular weight is 368 g/mol. The Hall–Kier alpha value is -2.86. The number of aromatic nitrogens is 1. The Morgan fingerprint density at radius 3 is 2.62 bits per heavy atom. The van der Waals surface area contributed by atoms with Crippen molar-refractivity contribution in [2.45, 2.75) is 13.8 Å². The van der Waals surface area contributed by atoms with Crippen LogP contribution < -0.4 is 14.8 Å². The molecule has 1 amide bonds. The van der Waals surface area contributed by atoms with Gasteiger partial charge in [-0.1, -0.05) is 17.7 Å². The van der Waals surface area contributed by atoms with Crippen LogP contribution in [-0.2, 0) is 0 Å². The molecule has 0 aliphatic carbocycles. The molecule has 0 aliphatic heterocycles. The topological polar surface area (TPSA) is 60.5 Å². The number of hydrogen-bond donors (Lipinski definition) is 1. The molecule has 0 saturated heterocycles. The molecule has 2 aromatic carbocycles. The lowest BCUT2D eigenvalue weighted by molar-refractivity contribution is 0.102. The Bertz CT molecular complexity index is 950. The molecule has 3 aromatic rings. The number of benzene rings is 2. The number of thiazole rings is 1. The monoisotopic (exact) mass is 368 g/mol. The average Bonchev–Trinajstić information content (AvgIpc) is 3.11. The van der Waals surface area contributed by atoms with Gasteiger partial charge in [-0.25, -0.2) is 4.98 Å². The van der Waals surface area contributed by atoms with Crippen LogP contribution in [-0.4, -0.2) is 25.1 Å². The maximum absolute atomic E-state index is 12.6. The number of methoxy groups -OCH3 is 2. The summed E-state index contributed by atoms with van der Waals surface area (Å²) in [7, 11) is 3.09. The van der Waals surface area contributed by atoms with Gasteiger partial charge in [-0.2, -0.15) is 0 Å². The van der Waals surface area contributed by atoms with Crippen LogP contribution in [0.3, 0.4) is 0 Å². The summed E-state index contributed by atoms with van der Waals surface area (Å²) in [5.74, 6) is 0.810. The number of nitrogens with one attached hydrogen (secondary N) is 1. The highest BCUT2D eigenvalue weighted by Gasteiger charge is 2.16. The molecule has 1 N–H and O–H groups in total. The molecule has 26 heavy (non-hydrogen) atoms. The Morgan fingerprint density at radius 1 is 1.08 bits per heavy atom. The molecule has 0 fully saturated rings. The quantitative estimate of drug-likeness (QED) is 0.709. The van der Waals surface area contributed by atoms with Gasteiger partial charge >= 0.3 is 0 Å². The number of anilines is 1. The first kappa shape index (κ1) is 17.9. The number of rotatable bonds is 5. The van der Waals surface area contributed by atoms with Gasteiger partial charge in [-0.3, -0.25) is 10.1 Å². The molecule has 0 radical (unpaired) electrons. The van der Waals surface area contributed by atoms with E-state index in [1.807, 2.05) is 12.3 Å².